The highest BCUT2D eigenvalue weighted by molar-refractivity contribution is 6.03. The van der Waals surface area contributed by atoms with Crippen LogP contribution in [0.15, 0.2) is 11.3 Å². The predicted molar refractivity (Wildman–Crippen MR) is 36.5 cm³/mol. The lowest BCUT2D eigenvalue weighted by molar-refractivity contribution is -0.116. The van der Waals surface area contributed by atoms with Crippen molar-refractivity contribution in [1.82, 2.24) is 0 Å². The summed E-state index contributed by atoms with van der Waals surface area (Å²) in [4.78, 5) is 11.1. The molecule has 3 unspecified atom stereocenters. The van der Waals surface area contributed by atoms with Crippen LogP contribution in [0.5, 0.6) is 0 Å². The minimum Gasteiger partial charge on any atom is -0.512 e. The number of carbonyl (C=O) groups is 1. The summed E-state index contributed by atoms with van der Waals surface area (Å²) in [5, 5.41) is 9.31. The number of Topliss-reactive ketones (excluding diaryl/α,β-unsaturated/α-hetero) is 1. The molecule has 0 aromatic heterocycles. The van der Waals surface area contributed by atoms with Gasteiger partial charge in [-0.3, -0.25) is 4.79 Å². The third kappa shape index (κ3) is 0.437. The fourth-order valence-electron chi connectivity index (χ4n) is 1.91. The number of rotatable bonds is 0. The van der Waals surface area contributed by atoms with E-state index < -0.39 is 0 Å². The van der Waals surface area contributed by atoms with Crippen LogP contribution in [0.25, 0.3) is 0 Å². The second kappa shape index (κ2) is 1.44. The van der Waals surface area contributed by atoms with Crippen molar-refractivity contribution >= 4 is 5.78 Å². The van der Waals surface area contributed by atoms with Gasteiger partial charge in [0.1, 0.15) is 5.76 Å². The maximum Gasteiger partial charge on any atom is 0.166 e. The number of ketones is 1. The molecule has 0 aromatic carbocycles. The van der Waals surface area contributed by atoms with Gasteiger partial charge < -0.3 is 5.11 Å². The van der Waals surface area contributed by atoms with Gasteiger partial charge in [-0.15, -0.1) is 0 Å². The van der Waals surface area contributed by atoms with Crippen molar-refractivity contribution in [3.63, 3.8) is 0 Å². The summed E-state index contributed by atoms with van der Waals surface area (Å²) in [5.41, 5.74) is 0.591. The number of carbonyl (C=O) groups excluding carboxylic acids is 1. The van der Waals surface area contributed by atoms with Crippen molar-refractivity contribution in [2.24, 2.45) is 17.8 Å². The fourth-order valence-corrected chi connectivity index (χ4v) is 1.91. The lowest BCUT2D eigenvalue weighted by Gasteiger charge is -1.97. The Bertz CT molecular complexity index is 240. The lowest BCUT2D eigenvalue weighted by Crippen LogP contribution is -2.01. The molecule has 1 N–H and O–H groups in total. The van der Waals surface area contributed by atoms with Crippen molar-refractivity contribution in [1.29, 1.82) is 0 Å². The summed E-state index contributed by atoms with van der Waals surface area (Å²) in [6, 6.07) is 0. The average molecular weight is 138 g/mol. The average Bonchev–Trinajstić information content (AvgIpc) is 2.50. The Labute approximate surface area is 59.5 Å². The number of aliphatic hydroxyl groups excluding tert-OH is 1. The summed E-state index contributed by atoms with van der Waals surface area (Å²) < 4.78 is 0. The van der Waals surface area contributed by atoms with Crippen molar-refractivity contribution in [2.75, 3.05) is 0 Å². The van der Waals surface area contributed by atoms with Gasteiger partial charge in [0.05, 0.1) is 0 Å². The summed E-state index contributed by atoms with van der Waals surface area (Å²) in [6.07, 6.45) is 0. The van der Waals surface area contributed by atoms with Crippen LogP contribution in [0.2, 0.25) is 0 Å². The molecule has 2 nitrogen and oxygen atoms in total. The van der Waals surface area contributed by atoms with E-state index >= 15 is 0 Å². The Balaban J connectivity index is 2.40. The van der Waals surface area contributed by atoms with Crippen LogP contribution in [0, 0.1) is 17.8 Å². The fraction of sp³-hybridized carbons (Fsp3) is 0.625. The van der Waals surface area contributed by atoms with E-state index in [0.717, 1.165) is 0 Å². The molecule has 3 atom stereocenters. The zero-order valence-electron chi connectivity index (χ0n) is 6.09. The van der Waals surface area contributed by atoms with Gasteiger partial charge in [-0.2, -0.15) is 0 Å². The molecule has 10 heavy (non-hydrogen) atoms. The first-order valence-electron chi connectivity index (χ1n) is 3.58. The van der Waals surface area contributed by atoms with E-state index in [1.165, 1.54) is 0 Å². The number of fused-ring (bicyclic) bond motifs is 1. The summed E-state index contributed by atoms with van der Waals surface area (Å²) in [5.74, 6) is 1.24. The molecular weight excluding hydrogens is 128 g/mol. The highest BCUT2D eigenvalue weighted by Crippen LogP contribution is 2.56. The second-order valence-electron chi connectivity index (χ2n) is 3.29. The van der Waals surface area contributed by atoms with E-state index in [-0.39, 0.29) is 17.6 Å². The van der Waals surface area contributed by atoms with Crippen molar-refractivity contribution in [3.05, 3.63) is 11.3 Å². The standard InChI is InChI=1S/C8H10O2/c1-3-5-6(3)8(10)4(2)7(5)9/h3,5-6,9H,1-2H3. The Hall–Kier alpha value is -0.790. The normalized spacial score (nSPS) is 44.2. The quantitative estimate of drug-likeness (QED) is 0.547. The van der Waals surface area contributed by atoms with Crippen LogP contribution in [0.3, 0.4) is 0 Å². The van der Waals surface area contributed by atoms with Gasteiger partial charge in [0.15, 0.2) is 5.78 Å². The highest BCUT2D eigenvalue weighted by Gasteiger charge is 2.59. The van der Waals surface area contributed by atoms with E-state index in [1.807, 2.05) is 6.92 Å². The van der Waals surface area contributed by atoms with Gasteiger partial charge in [0.2, 0.25) is 0 Å². The largest absolute Gasteiger partial charge is 0.512 e. The van der Waals surface area contributed by atoms with E-state index in [4.69, 9.17) is 0 Å². The molecule has 0 radical (unpaired) electrons. The van der Waals surface area contributed by atoms with Gasteiger partial charge in [-0.05, 0) is 12.8 Å². The molecule has 1 fully saturated rings. The molecule has 2 heteroatoms. The number of hydrogen-bond donors (Lipinski definition) is 1. The number of aliphatic hydroxyl groups is 1. The third-order valence-electron chi connectivity index (χ3n) is 2.75. The van der Waals surface area contributed by atoms with Gasteiger partial charge in [0.25, 0.3) is 0 Å². The van der Waals surface area contributed by atoms with Crippen molar-refractivity contribution in [2.45, 2.75) is 13.8 Å². The van der Waals surface area contributed by atoms with Gasteiger partial charge in [-0.1, -0.05) is 6.92 Å². The first kappa shape index (κ1) is 5.96. The van der Waals surface area contributed by atoms with E-state index in [9.17, 15) is 9.90 Å². The maximum absolute atomic E-state index is 11.1. The Morgan fingerprint density at radius 1 is 1.40 bits per heavy atom. The summed E-state index contributed by atoms with van der Waals surface area (Å²) in [6.45, 7) is 3.71. The molecule has 0 amide bonds. The van der Waals surface area contributed by atoms with E-state index in [1.54, 1.807) is 6.92 Å². The minimum absolute atomic E-state index is 0.139. The molecular formula is C8H10O2. The Morgan fingerprint density at radius 3 is 2.30 bits per heavy atom. The zero-order chi connectivity index (χ0) is 7.46. The van der Waals surface area contributed by atoms with E-state index in [0.29, 0.717) is 17.3 Å². The Kier molecular flexibility index (Phi) is 0.858. The van der Waals surface area contributed by atoms with Gasteiger partial charge >= 0.3 is 0 Å². The van der Waals surface area contributed by atoms with Crippen molar-refractivity contribution in [3.8, 4) is 0 Å². The summed E-state index contributed by atoms with van der Waals surface area (Å²) >= 11 is 0. The molecule has 2 aliphatic rings. The number of hydrogen-bond acceptors (Lipinski definition) is 2. The molecule has 54 valence electrons. The number of allylic oxidation sites excluding steroid dienone is 2. The van der Waals surface area contributed by atoms with Crippen LogP contribution in [-0.4, -0.2) is 10.9 Å². The first-order valence-corrected chi connectivity index (χ1v) is 3.58. The van der Waals surface area contributed by atoms with Gasteiger partial charge in [0, 0.05) is 17.4 Å². The molecule has 2 aliphatic carbocycles. The SMILES string of the molecule is CC1=C(O)C2C(C)C2C1=O. The maximum atomic E-state index is 11.1. The van der Waals surface area contributed by atoms with Crippen LogP contribution in [0.4, 0.5) is 0 Å². The van der Waals surface area contributed by atoms with E-state index in [2.05, 4.69) is 0 Å². The smallest absolute Gasteiger partial charge is 0.166 e. The third-order valence-corrected chi connectivity index (χ3v) is 2.75. The minimum atomic E-state index is 0.139. The van der Waals surface area contributed by atoms with Crippen LogP contribution < -0.4 is 0 Å². The highest BCUT2D eigenvalue weighted by atomic mass is 16.3. The van der Waals surface area contributed by atoms with Crippen LogP contribution >= 0.6 is 0 Å². The van der Waals surface area contributed by atoms with Crippen LogP contribution in [-0.2, 0) is 4.79 Å². The molecule has 2 rings (SSSR count). The molecule has 0 heterocycles. The molecule has 0 bridgehead atoms. The topological polar surface area (TPSA) is 37.3 Å². The molecule has 0 aliphatic heterocycles. The monoisotopic (exact) mass is 138 g/mol. The lowest BCUT2D eigenvalue weighted by atomic mass is 10.1. The summed E-state index contributed by atoms with van der Waals surface area (Å²) in [7, 11) is 0. The van der Waals surface area contributed by atoms with Crippen molar-refractivity contribution < 1.29 is 9.90 Å². The zero-order valence-corrected chi connectivity index (χ0v) is 6.09. The molecule has 0 saturated heterocycles. The van der Waals surface area contributed by atoms with Gasteiger partial charge in [-0.25, -0.2) is 0 Å². The predicted octanol–water partition coefficient (Wildman–Crippen LogP) is 1.28. The molecule has 0 aromatic rings. The first-order chi connectivity index (χ1) is 4.64. The molecule has 1 saturated carbocycles. The van der Waals surface area contributed by atoms with Crippen LogP contribution in [0.1, 0.15) is 13.8 Å². The Morgan fingerprint density at radius 2 is 2.00 bits per heavy atom. The molecule has 0 spiro atoms. The second-order valence-corrected chi connectivity index (χ2v) is 3.29.